The molecule has 0 aromatic rings. The second-order valence-electron chi connectivity index (χ2n) is 6.30. The van der Waals surface area contributed by atoms with Gasteiger partial charge in [0.05, 0.1) is 32.3 Å². The van der Waals surface area contributed by atoms with Gasteiger partial charge in [0.25, 0.3) is 0 Å². The predicted molar refractivity (Wildman–Crippen MR) is 117 cm³/mol. The molecule has 8 nitrogen and oxygen atoms in total. The van der Waals surface area contributed by atoms with E-state index in [1.165, 1.54) is 0 Å². The number of halogens is 1. The summed E-state index contributed by atoms with van der Waals surface area (Å²) in [6.45, 7) is 6.80. The van der Waals surface area contributed by atoms with Gasteiger partial charge >= 0.3 is 23.9 Å². The van der Waals surface area contributed by atoms with Gasteiger partial charge in [-0.1, -0.05) is 5.92 Å². The van der Waals surface area contributed by atoms with E-state index in [1.54, 1.807) is 27.7 Å². The van der Waals surface area contributed by atoms with Crippen LogP contribution < -0.4 is 0 Å². The van der Waals surface area contributed by atoms with Crippen LogP contribution in [0.4, 0.5) is 0 Å². The maximum Gasteiger partial charge on any atom is 0.324 e. The van der Waals surface area contributed by atoms with Crippen molar-refractivity contribution in [2.45, 2.75) is 53.4 Å². The maximum atomic E-state index is 12.7. The summed E-state index contributed by atoms with van der Waals surface area (Å²) in [5, 5.41) is 0. The molecular formula is C23H31ClO8. The largest absolute Gasteiger partial charge is 0.465 e. The Labute approximate surface area is 194 Å². The van der Waals surface area contributed by atoms with Crippen LogP contribution in [-0.2, 0) is 38.1 Å². The molecule has 32 heavy (non-hydrogen) atoms. The summed E-state index contributed by atoms with van der Waals surface area (Å²) in [5.74, 6) is 6.72. The molecule has 9 heteroatoms. The molecule has 0 aliphatic heterocycles. The van der Waals surface area contributed by atoms with Gasteiger partial charge in [-0.3, -0.25) is 19.2 Å². The lowest BCUT2D eigenvalue weighted by Crippen LogP contribution is -2.42. The van der Waals surface area contributed by atoms with Crippen LogP contribution >= 0.6 is 11.6 Å². The Hall–Kier alpha value is -2.71. The summed E-state index contributed by atoms with van der Waals surface area (Å²) < 4.78 is 20.0. The molecule has 0 aromatic carbocycles. The maximum absolute atomic E-state index is 12.7. The van der Waals surface area contributed by atoms with Gasteiger partial charge in [-0.25, -0.2) is 0 Å². The average molecular weight is 471 g/mol. The van der Waals surface area contributed by atoms with Crippen LogP contribution in [0.5, 0.6) is 0 Å². The molecule has 0 bridgehead atoms. The van der Waals surface area contributed by atoms with Gasteiger partial charge in [-0.05, 0) is 34.1 Å². The van der Waals surface area contributed by atoms with Gasteiger partial charge in [0.15, 0.2) is 11.3 Å². The van der Waals surface area contributed by atoms with Gasteiger partial charge in [-0.15, -0.1) is 29.4 Å². The molecule has 178 valence electrons. The highest BCUT2D eigenvalue weighted by Crippen LogP contribution is 2.32. The van der Waals surface area contributed by atoms with Crippen LogP contribution in [0.15, 0.2) is 0 Å². The van der Waals surface area contributed by atoms with Crippen molar-refractivity contribution in [1.82, 2.24) is 0 Å². The van der Waals surface area contributed by atoms with E-state index in [9.17, 15) is 19.2 Å². The summed E-state index contributed by atoms with van der Waals surface area (Å²) in [6.07, 6.45) is -0.209. The number of hydrogen-bond donors (Lipinski definition) is 0. The standard InChI is InChI=1S/C23H31ClO8/c1-5-29-19(25)18(20(26)30-6-2)14-10-12-16-23(21(27)31-7-3,22(28)32-8-4)15-11-9-13-17-24/h18H,5-8,11,14-17H2,1-4H3. The first-order valence-corrected chi connectivity index (χ1v) is 11.0. The SMILES string of the molecule is CCOC(=O)C(CC#CCC(CCC#CCCl)(C(=O)OCC)C(=O)OCC)C(=O)OCC. The van der Waals surface area contributed by atoms with Gasteiger partial charge in [0, 0.05) is 19.3 Å². The van der Waals surface area contributed by atoms with Crippen LogP contribution in [-0.4, -0.2) is 56.2 Å². The van der Waals surface area contributed by atoms with Crippen LogP contribution in [0.1, 0.15) is 53.4 Å². The fourth-order valence-corrected chi connectivity index (χ4v) is 2.70. The highest BCUT2D eigenvalue weighted by molar-refractivity contribution is 6.19. The minimum atomic E-state index is -1.69. The number of rotatable bonds is 12. The monoisotopic (exact) mass is 470 g/mol. The highest BCUT2D eigenvalue weighted by Gasteiger charge is 2.48. The van der Waals surface area contributed by atoms with Crippen molar-refractivity contribution in [1.29, 1.82) is 0 Å². The summed E-state index contributed by atoms with van der Waals surface area (Å²) >= 11 is 5.55. The zero-order valence-electron chi connectivity index (χ0n) is 19.1. The first kappa shape index (κ1) is 29.3. The molecule has 0 amide bonds. The molecular weight excluding hydrogens is 440 g/mol. The van der Waals surface area contributed by atoms with E-state index in [2.05, 4.69) is 23.7 Å². The molecule has 0 N–H and O–H groups in total. The lowest BCUT2D eigenvalue weighted by atomic mass is 9.80. The van der Waals surface area contributed by atoms with Crippen molar-refractivity contribution < 1.29 is 38.1 Å². The molecule has 0 saturated heterocycles. The zero-order chi connectivity index (χ0) is 24.4. The third kappa shape index (κ3) is 9.62. The van der Waals surface area contributed by atoms with Crippen molar-refractivity contribution in [2.24, 2.45) is 11.3 Å². The number of esters is 4. The van der Waals surface area contributed by atoms with Crippen LogP contribution in [0.3, 0.4) is 0 Å². The minimum Gasteiger partial charge on any atom is -0.465 e. The third-order valence-electron chi connectivity index (χ3n) is 4.16. The molecule has 0 rings (SSSR count). The van der Waals surface area contributed by atoms with E-state index in [-0.39, 0.29) is 58.0 Å². The molecule has 0 aromatic heterocycles. The fourth-order valence-electron chi connectivity index (χ4n) is 2.61. The van der Waals surface area contributed by atoms with E-state index in [0.717, 1.165) is 0 Å². The molecule has 0 unspecified atom stereocenters. The zero-order valence-corrected chi connectivity index (χ0v) is 19.8. The number of carbonyl (C=O) groups excluding carboxylic acids is 4. The number of hydrogen-bond acceptors (Lipinski definition) is 8. The van der Waals surface area contributed by atoms with Crippen LogP contribution in [0.2, 0.25) is 0 Å². The Morgan fingerprint density at radius 2 is 1.25 bits per heavy atom. The Morgan fingerprint density at radius 3 is 1.69 bits per heavy atom. The lowest BCUT2D eigenvalue weighted by molar-refractivity contribution is -0.172. The van der Waals surface area contributed by atoms with E-state index in [1.807, 2.05) is 0 Å². The van der Waals surface area contributed by atoms with Gasteiger partial charge in [-0.2, -0.15) is 0 Å². The van der Waals surface area contributed by atoms with Crippen molar-refractivity contribution in [3.05, 3.63) is 0 Å². The number of carbonyl (C=O) groups is 4. The summed E-state index contributed by atoms with van der Waals surface area (Å²) in [6, 6.07) is 0. The summed E-state index contributed by atoms with van der Waals surface area (Å²) in [5.41, 5.74) is -1.69. The van der Waals surface area contributed by atoms with Crippen molar-refractivity contribution in [3.8, 4) is 23.7 Å². The molecule has 0 saturated carbocycles. The Bertz CT molecular complexity index is 717. The van der Waals surface area contributed by atoms with Crippen LogP contribution in [0, 0.1) is 35.0 Å². The van der Waals surface area contributed by atoms with Crippen molar-refractivity contribution >= 4 is 35.5 Å². The fraction of sp³-hybridized carbons (Fsp3) is 0.652. The predicted octanol–water partition coefficient (Wildman–Crippen LogP) is 2.65. The van der Waals surface area contributed by atoms with Gasteiger partial charge in [0.1, 0.15) is 0 Å². The van der Waals surface area contributed by atoms with E-state index in [4.69, 9.17) is 30.5 Å². The molecule has 0 aliphatic rings. The topological polar surface area (TPSA) is 105 Å². The second-order valence-corrected chi connectivity index (χ2v) is 6.57. The number of alkyl halides is 1. The molecule has 0 atom stereocenters. The Kier molecular flexibility index (Phi) is 15.5. The normalized spacial score (nSPS) is 10.2. The minimum absolute atomic E-state index is 0.0163. The molecule has 0 fully saturated rings. The number of ether oxygens (including phenoxy) is 4. The van der Waals surface area contributed by atoms with Gasteiger partial charge in [0.2, 0.25) is 0 Å². The summed E-state index contributed by atoms with van der Waals surface area (Å²) in [4.78, 5) is 49.6. The molecule has 0 heterocycles. The molecule has 0 spiro atoms. The van der Waals surface area contributed by atoms with E-state index in [0.29, 0.717) is 0 Å². The van der Waals surface area contributed by atoms with Crippen molar-refractivity contribution in [2.75, 3.05) is 32.3 Å². The van der Waals surface area contributed by atoms with E-state index >= 15 is 0 Å². The first-order valence-electron chi connectivity index (χ1n) is 10.5. The highest BCUT2D eigenvalue weighted by atomic mass is 35.5. The first-order chi connectivity index (χ1) is 15.3. The van der Waals surface area contributed by atoms with Crippen LogP contribution in [0.25, 0.3) is 0 Å². The molecule has 0 radical (unpaired) electrons. The van der Waals surface area contributed by atoms with Crippen molar-refractivity contribution in [3.63, 3.8) is 0 Å². The van der Waals surface area contributed by atoms with E-state index < -0.39 is 35.2 Å². The Balaban J connectivity index is 5.80. The third-order valence-corrected chi connectivity index (χ3v) is 4.30. The second kappa shape index (κ2) is 16.9. The quantitative estimate of drug-likeness (QED) is 0.141. The Morgan fingerprint density at radius 1 is 0.750 bits per heavy atom. The van der Waals surface area contributed by atoms with Gasteiger partial charge < -0.3 is 18.9 Å². The molecule has 0 aliphatic carbocycles. The smallest absolute Gasteiger partial charge is 0.324 e. The average Bonchev–Trinajstić information content (AvgIpc) is 2.75. The lowest BCUT2D eigenvalue weighted by Gasteiger charge is -2.26. The summed E-state index contributed by atoms with van der Waals surface area (Å²) in [7, 11) is 0.